The number of likely N-dealkylation sites (tertiary alicyclic amines) is 1. The zero-order chi connectivity index (χ0) is 17.4. The van der Waals surface area contributed by atoms with Gasteiger partial charge in [0, 0.05) is 17.5 Å². The molecule has 25 heavy (non-hydrogen) atoms. The SMILES string of the molecule is NC(=O)[C@@H]1CCCN1Cc1ccc2oc(-c3cccc(F)c3)cc2c1. The second-order valence-corrected chi connectivity index (χ2v) is 6.52. The van der Waals surface area contributed by atoms with Crippen LogP contribution in [0.25, 0.3) is 22.3 Å². The number of rotatable bonds is 4. The Kier molecular flexibility index (Phi) is 4.01. The fourth-order valence-corrected chi connectivity index (χ4v) is 3.55. The molecule has 4 nitrogen and oxygen atoms in total. The van der Waals surface area contributed by atoms with Crippen LogP contribution in [0, 0.1) is 5.82 Å². The number of benzene rings is 2. The van der Waals surface area contributed by atoms with Crippen molar-refractivity contribution in [3.63, 3.8) is 0 Å². The zero-order valence-electron chi connectivity index (χ0n) is 13.7. The second kappa shape index (κ2) is 6.33. The highest BCUT2D eigenvalue weighted by atomic mass is 19.1. The van der Waals surface area contributed by atoms with E-state index in [4.69, 9.17) is 10.2 Å². The first kappa shape index (κ1) is 15.8. The summed E-state index contributed by atoms with van der Waals surface area (Å²) in [5.41, 5.74) is 8.06. The Balaban J connectivity index is 1.61. The van der Waals surface area contributed by atoms with Gasteiger partial charge in [-0.1, -0.05) is 18.2 Å². The van der Waals surface area contributed by atoms with Gasteiger partial charge < -0.3 is 10.2 Å². The van der Waals surface area contributed by atoms with Crippen LogP contribution < -0.4 is 5.73 Å². The Hall–Kier alpha value is -2.66. The maximum Gasteiger partial charge on any atom is 0.234 e. The van der Waals surface area contributed by atoms with Crippen molar-refractivity contribution < 1.29 is 13.6 Å². The highest BCUT2D eigenvalue weighted by molar-refractivity contribution is 5.83. The van der Waals surface area contributed by atoms with Crippen LogP contribution in [-0.2, 0) is 11.3 Å². The number of carbonyl (C=O) groups excluding carboxylic acids is 1. The van der Waals surface area contributed by atoms with Crippen LogP contribution in [-0.4, -0.2) is 23.4 Å². The van der Waals surface area contributed by atoms with Gasteiger partial charge in [0.05, 0.1) is 6.04 Å². The first-order valence-corrected chi connectivity index (χ1v) is 8.42. The van der Waals surface area contributed by atoms with Gasteiger partial charge in [-0.15, -0.1) is 0 Å². The lowest BCUT2D eigenvalue weighted by atomic mass is 10.1. The molecule has 0 unspecified atom stereocenters. The van der Waals surface area contributed by atoms with E-state index in [2.05, 4.69) is 11.0 Å². The summed E-state index contributed by atoms with van der Waals surface area (Å²) in [5.74, 6) is 0.100. The average molecular weight is 338 g/mol. The van der Waals surface area contributed by atoms with Crippen molar-refractivity contribution >= 4 is 16.9 Å². The standard InChI is InChI=1S/C20H19FN2O2/c21-16-4-1-3-14(10-16)19-11-15-9-13(6-7-18(15)25-19)12-23-8-2-5-17(23)20(22)24/h1,3-4,6-7,9-11,17H,2,5,8,12H2,(H2,22,24)/t17-/m0/s1. The van der Waals surface area contributed by atoms with Crippen molar-refractivity contribution in [1.82, 2.24) is 4.90 Å². The van der Waals surface area contributed by atoms with Gasteiger partial charge in [-0.25, -0.2) is 4.39 Å². The molecule has 1 amide bonds. The summed E-state index contributed by atoms with van der Waals surface area (Å²) in [6.45, 7) is 1.57. The van der Waals surface area contributed by atoms with Crippen LogP contribution in [0.4, 0.5) is 4.39 Å². The first-order chi connectivity index (χ1) is 12.1. The minimum Gasteiger partial charge on any atom is -0.456 e. The largest absolute Gasteiger partial charge is 0.456 e. The number of primary amides is 1. The van der Waals surface area contributed by atoms with E-state index in [1.807, 2.05) is 24.3 Å². The lowest BCUT2D eigenvalue weighted by Gasteiger charge is -2.21. The first-order valence-electron chi connectivity index (χ1n) is 8.42. The Morgan fingerprint density at radius 3 is 2.92 bits per heavy atom. The maximum absolute atomic E-state index is 13.4. The Labute approximate surface area is 145 Å². The molecule has 0 saturated carbocycles. The van der Waals surface area contributed by atoms with Crippen LogP contribution in [0.5, 0.6) is 0 Å². The molecular formula is C20H19FN2O2. The van der Waals surface area contributed by atoms with Crippen LogP contribution in [0.2, 0.25) is 0 Å². The quantitative estimate of drug-likeness (QED) is 0.789. The van der Waals surface area contributed by atoms with E-state index >= 15 is 0 Å². The van der Waals surface area contributed by atoms with Crippen molar-refractivity contribution in [3.8, 4) is 11.3 Å². The molecule has 0 spiro atoms. The number of hydrogen-bond acceptors (Lipinski definition) is 3. The van der Waals surface area contributed by atoms with Gasteiger partial charge in [-0.2, -0.15) is 0 Å². The number of hydrogen-bond donors (Lipinski definition) is 1. The molecule has 2 aromatic carbocycles. The van der Waals surface area contributed by atoms with Crippen LogP contribution in [0.1, 0.15) is 18.4 Å². The fourth-order valence-electron chi connectivity index (χ4n) is 3.55. The molecule has 0 aliphatic carbocycles. The molecular weight excluding hydrogens is 319 g/mol. The highest BCUT2D eigenvalue weighted by Gasteiger charge is 2.28. The van der Waals surface area contributed by atoms with E-state index in [0.717, 1.165) is 35.9 Å². The molecule has 2 heterocycles. The van der Waals surface area contributed by atoms with Crippen molar-refractivity contribution in [2.24, 2.45) is 5.73 Å². The van der Waals surface area contributed by atoms with Crippen molar-refractivity contribution in [3.05, 3.63) is 59.9 Å². The average Bonchev–Trinajstić information content (AvgIpc) is 3.21. The van der Waals surface area contributed by atoms with Gasteiger partial charge in [0.25, 0.3) is 0 Å². The summed E-state index contributed by atoms with van der Waals surface area (Å²) < 4.78 is 19.3. The third-order valence-electron chi connectivity index (χ3n) is 4.77. The predicted molar refractivity (Wildman–Crippen MR) is 94.2 cm³/mol. The number of amides is 1. The zero-order valence-corrected chi connectivity index (χ0v) is 13.7. The highest BCUT2D eigenvalue weighted by Crippen LogP contribution is 2.29. The van der Waals surface area contributed by atoms with Gasteiger partial charge >= 0.3 is 0 Å². The number of nitrogens with two attached hydrogens (primary N) is 1. The third kappa shape index (κ3) is 3.15. The van der Waals surface area contributed by atoms with E-state index in [-0.39, 0.29) is 17.8 Å². The molecule has 1 fully saturated rings. The van der Waals surface area contributed by atoms with Gasteiger partial charge in [0.1, 0.15) is 17.2 Å². The Morgan fingerprint density at radius 1 is 1.24 bits per heavy atom. The lowest BCUT2D eigenvalue weighted by molar-refractivity contribution is -0.122. The number of furan rings is 1. The van der Waals surface area contributed by atoms with Crippen LogP contribution >= 0.6 is 0 Å². The monoisotopic (exact) mass is 338 g/mol. The fraction of sp³-hybridized carbons (Fsp3) is 0.250. The number of nitrogens with zero attached hydrogens (tertiary/aromatic N) is 1. The predicted octanol–water partition coefficient (Wildman–Crippen LogP) is 3.69. The van der Waals surface area contributed by atoms with E-state index in [1.54, 1.807) is 6.07 Å². The molecule has 5 heteroatoms. The van der Waals surface area contributed by atoms with Crippen LogP contribution in [0.3, 0.4) is 0 Å². The van der Waals surface area contributed by atoms with Crippen molar-refractivity contribution in [1.29, 1.82) is 0 Å². The number of carbonyl (C=O) groups is 1. The molecule has 0 bridgehead atoms. The van der Waals surface area contributed by atoms with E-state index in [0.29, 0.717) is 17.9 Å². The Morgan fingerprint density at radius 2 is 2.12 bits per heavy atom. The summed E-state index contributed by atoms with van der Waals surface area (Å²) in [7, 11) is 0. The number of fused-ring (bicyclic) bond motifs is 1. The van der Waals surface area contributed by atoms with Gasteiger partial charge in [0.2, 0.25) is 5.91 Å². The van der Waals surface area contributed by atoms with Crippen molar-refractivity contribution in [2.45, 2.75) is 25.4 Å². The van der Waals surface area contributed by atoms with E-state index in [1.165, 1.54) is 12.1 Å². The van der Waals surface area contributed by atoms with Gasteiger partial charge in [-0.05, 0) is 55.3 Å². The maximum atomic E-state index is 13.4. The normalized spacial score (nSPS) is 18.0. The summed E-state index contributed by atoms with van der Waals surface area (Å²) in [6, 6.07) is 14.1. The topological polar surface area (TPSA) is 59.5 Å². The molecule has 4 rings (SSSR count). The lowest BCUT2D eigenvalue weighted by Crippen LogP contribution is -2.39. The molecule has 1 saturated heterocycles. The van der Waals surface area contributed by atoms with Gasteiger partial charge in [-0.3, -0.25) is 9.69 Å². The summed E-state index contributed by atoms with van der Waals surface area (Å²) in [6.07, 6.45) is 1.82. The molecule has 0 radical (unpaired) electrons. The molecule has 1 atom stereocenters. The summed E-state index contributed by atoms with van der Waals surface area (Å²) in [5, 5.41) is 0.964. The Bertz CT molecular complexity index is 934. The molecule has 1 aromatic heterocycles. The minimum atomic E-state index is -0.287. The number of halogens is 1. The summed E-state index contributed by atoms with van der Waals surface area (Å²) >= 11 is 0. The molecule has 3 aromatic rings. The van der Waals surface area contributed by atoms with Gasteiger partial charge in [0.15, 0.2) is 0 Å². The molecule has 128 valence electrons. The van der Waals surface area contributed by atoms with Crippen molar-refractivity contribution in [2.75, 3.05) is 6.54 Å². The third-order valence-corrected chi connectivity index (χ3v) is 4.77. The second-order valence-electron chi connectivity index (χ2n) is 6.52. The molecule has 1 aliphatic heterocycles. The molecule has 1 aliphatic rings. The van der Waals surface area contributed by atoms with E-state index in [9.17, 15) is 9.18 Å². The van der Waals surface area contributed by atoms with Crippen LogP contribution in [0.15, 0.2) is 52.9 Å². The summed E-state index contributed by atoms with van der Waals surface area (Å²) in [4.78, 5) is 13.7. The molecule has 2 N–H and O–H groups in total. The smallest absolute Gasteiger partial charge is 0.234 e. The minimum absolute atomic E-state index is 0.178. The van der Waals surface area contributed by atoms with E-state index < -0.39 is 0 Å².